The van der Waals surface area contributed by atoms with E-state index in [-0.39, 0.29) is 0 Å². The maximum absolute atomic E-state index is 11.4. The van der Waals surface area contributed by atoms with E-state index < -0.39 is 11.0 Å². The number of anilines is 2. The Morgan fingerprint density at radius 3 is 2.96 bits per heavy atom. The number of nitrogens with two attached hydrogens (primary N) is 1. The number of nitrogens with one attached hydrogen (secondary N) is 2. The van der Waals surface area contributed by atoms with Gasteiger partial charge in [0.05, 0.1) is 4.88 Å². The lowest BCUT2D eigenvalue weighted by Crippen LogP contribution is -2.00. The van der Waals surface area contributed by atoms with Gasteiger partial charge in [-0.25, -0.2) is 19.3 Å². The molecule has 3 heterocycles. The van der Waals surface area contributed by atoms with Gasteiger partial charge >= 0.3 is 0 Å². The molecule has 9 heteroatoms. The van der Waals surface area contributed by atoms with Gasteiger partial charge in [0.25, 0.3) is 0 Å². The molecule has 1 aliphatic rings. The van der Waals surface area contributed by atoms with Crippen LogP contribution in [0.15, 0.2) is 34.7 Å². The minimum absolute atomic E-state index is 0.556. The Balaban J connectivity index is 1.66. The standard InChI is InChI=1S/C17H18N6OS2/c1-2-3-11-9-19-17(13-6-7-15(25-13)26(18)24)21-16(11)20-14-8-12(22-23-14)10-4-5-10/h2-3,6-10H,4-5,18H2,1H3,(H2,19,20,21,22,23)/b3-2+. The predicted octanol–water partition coefficient (Wildman–Crippen LogP) is 3.56. The molecule has 0 saturated heterocycles. The van der Waals surface area contributed by atoms with Crippen LogP contribution in [-0.4, -0.2) is 24.4 Å². The molecule has 1 atom stereocenters. The molecule has 1 saturated carbocycles. The smallest absolute Gasteiger partial charge is 0.171 e. The lowest BCUT2D eigenvalue weighted by molar-refractivity contribution is 0.685. The van der Waals surface area contributed by atoms with Gasteiger partial charge in [0.1, 0.15) is 21.0 Å². The molecule has 0 bridgehead atoms. The Labute approximate surface area is 157 Å². The summed E-state index contributed by atoms with van der Waals surface area (Å²) in [6, 6.07) is 5.60. The number of aromatic nitrogens is 4. The summed E-state index contributed by atoms with van der Waals surface area (Å²) in [6.07, 6.45) is 8.07. The molecule has 1 fully saturated rings. The van der Waals surface area contributed by atoms with Gasteiger partial charge in [0.15, 0.2) is 11.6 Å². The SMILES string of the molecule is C/C=C/c1cnc(-c2ccc(S(N)=O)s2)nc1Nc1cc(C2CC2)[nH]n1. The van der Waals surface area contributed by atoms with E-state index in [1.165, 1.54) is 24.2 Å². The van der Waals surface area contributed by atoms with E-state index in [2.05, 4.69) is 25.5 Å². The summed E-state index contributed by atoms with van der Waals surface area (Å²) in [4.78, 5) is 9.88. The van der Waals surface area contributed by atoms with Crippen molar-refractivity contribution in [2.45, 2.75) is 29.9 Å². The molecule has 0 spiro atoms. The van der Waals surface area contributed by atoms with Crippen molar-refractivity contribution < 1.29 is 4.21 Å². The number of allylic oxidation sites excluding steroid dienone is 1. The zero-order valence-electron chi connectivity index (χ0n) is 14.1. The summed E-state index contributed by atoms with van der Waals surface area (Å²) < 4.78 is 12.0. The minimum Gasteiger partial charge on any atom is -0.323 e. The highest BCUT2D eigenvalue weighted by Gasteiger charge is 2.25. The zero-order valence-corrected chi connectivity index (χ0v) is 15.7. The fraction of sp³-hybridized carbons (Fsp3) is 0.235. The molecule has 26 heavy (non-hydrogen) atoms. The molecular weight excluding hydrogens is 368 g/mol. The van der Waals surface area contributed by atoms with E-state index in [4.69, 9.17) is 5.14 Å². The third-order valence-electron chi connectivity index (χ3n) is 4.02. The van der Waals surface area contributed by atoms with Gasteiger partial charge < -0.3 is 5.32 Å². The molecule has 1 aliphatic carbocycles. The van der Waals surface area contributed by atoms with Crippen molar-refractivity contribution in [2.24, 2.45) is 5.14 Å². The quantitative estimate of drug-likeness (QED) is 0.600. The first-order valence-corrected chi connectivity index (χ1v) is 10.3. The van der Waals surface area contributed by atoms with Crippen LogP contribution in [0, 0.1) is 0 Å². The highest BCUT2D eigenvalue weighted by atomic mass is 32.2. The molecule has 4 rings (SSSR count). The number of hydrogen-bond acceptors (Lipinski definition) is 6. The molecule has 134 valence electrons. The van der Waals surface area contributed by atoms with Crippen LogP contribution in [-0.2, 0) is 11.0 Å². The van der Waals surface area contributed by atoms with Crippen LogP contribution in [0.4, 0.5) is 11.6 Å². The van der Waals surface area contributed by atoms with Crippen molar-refractivity contribution in [1.82, 2.24) is 20.2 Å². The van der Waals surface area contributed by atoms with Crippen LogP contribution < -0.4 is 10.5 Å². The molecule has 0 radical (unpaired) electrons. The van der Waals surface area contributed by atoms with Gasteiger partial charge in [-0.15, -0.1) is 11.3 Å². The Morgan fingerprint density at radius 1 is 1.42 bits per heavy atom. The number of aromatic amines is 1. The van der Waals surface area contributed by atoms with Crippen LogP contribution >= 0.6 is 11.3 Å². The van der Waals surface area contributed by atoms with Crippen molar-refractivity contribution in [3.63, 3.8) is 0 Å². The average Bonchev–Trinajstić information content (AvgIpc) is 3.17. The first-order valence-electron chi connectivity index (χ1n) is 8.22. The van der Waals surface area contributed by atoms with Crippen LogP contribution in [0.25, 0.3) is 16.8 Å². The Kier molecular flexibility index (Phi) is 4.66. The van der Waals surface area contributed by atoms with Gasteiger partial charge in [-0.1, -0.05) is 12.2 Å². The van der Waals surface area contributed by atoms with Crippen molar-refractivity contribution in [1.29, 1.82) is 0 Å². The molecule has 0 amide bonds. The fourth-order valence-corrected chi connectivity index (χ4v) is 4.06. The lowest BCUT2D eigenvalue weighted by atomic mass is 10.2. The summed E-state index contributed by atoms with van der Waals surface area (Å²) in [6.45, 7) is 1.94. The van der Waals surface area contributed by atoms with Crippen molar-refractivity contribution in [2.75, 3.05) is 5.32 Å². The second-order valence-electron chi connectivity index (χ2n) is 6.02. The van der Waals surface area contributed by atoms with E-state index in [0.29, 0.717) is 21.8 Å². The second-order valence-corrected chi connectivity index (χ2v) is 8.40. The highest BCUT2D eigenvalue weighted by molar-refractivity contribution is 7.85. The largest absolute Gasteiger partial charge is 0.323 e. The maximum atomic E-state index is 11.4. The van der Waals surface area contributed by atoms with E-state index in [0.717, 1.165) is 22.0 Å². The van der Waals surface area contributed by atoms with Crippen LogP contribution in [0.5, 0.6) is 0 Å². The summed E-state index contributed by atoms with van der Waals surface area (Å²) in [7, 11) is -1.50. The molecule has 0 aromatic carbocycles. The molecule has 1 unspecified atom stereocenters. The monoisotopic (exact) mass is 386 g/mol. The normalized spacial score (nSPS) is 15.5. The van der Waals surface area contributed by atoms with Gasteiger partial charge in [-0.3, -0.25) is 5.10 Å². The summed E-state index contributed by atoms with van der Waals surface area (Å²) in [5.41, 5.74) is 2.02. The summed E-state index contributed by atoms with van der Waals surface area (Å²) >= 11 is 1.33. The number of thiophene rings is 1. The number of H-pyrrole nitrogens is 1. The van der Waals surface area contributed by atoms with Gasteiger partial charge in [-0.05, 0) is 31.9 Å². The molecule has 0 aliphatic heterocycles. The van der Waals surface area contributed by atoms with E-state index in [1.54, 1.807) is 12.3 Å². The Morgan fingerprint density at radius 2 is 2.27 bits per heavy atom. The summed E-state index contributed by atoms with van der Waals surface area (Å²) in [5, 5.41) is 16.1. The second kappa shape index (κ2) is 7.10. The molecule has 4 N–H and O–H groups in total. The van der Waals surface area contributed by atoms with E-state index >= 15 is 0 Å². The van der Waals surface area contributed by atoms with E-state index in [9.17, 15) is 4.21 Å². The van der Waals surface area contributed by atoms with Crippen LogP contribution in [0.1, 0.15) is 36.9 Å². The maximum Gasteiger partial charge on any atom is 0.171 e. The highest BCUT2D eigenvalue weighted by Crippen LogP contribution is 2.39. The van der Waals surface area contributed by atoms with Gasteiger partial charge in [0.2, 0.25) is 0 Å². The van der Waals surface area contributed by atoms with Gasteiger partial charge in [-0.2, -0.15) is 5.10 Å². The molecular formula is C17H18N6OS2. The van der Waals surface area contributed by atoms with Crippen LogP contribution in [0.3, 0.4) is 0 Å². The third-order valence-corrected chi connectivity index (χ3v) is 6.18. The topological polar surface area (TPSA) is 110 Å². The van der Waals surface area contributed by atoms with Gasteiger partial charge in [0, 0.05) is 29.4 Å². The molecule has 7 nitrogen and oxygen atoms in total. The first kappa shape index (κ1) is 17.1. The van der Waals surface area contributed by atoms with Crippen molar-refractivity contribution >= 4 is 40.0 Å². The third kappa shape index (κ3) is 3.59. The minimum atomic E-state index is -1.50. The Hall–Kier alpha value is -2.36. The number of rotatable bonds is 6. The van der Waals surface area contributed by atoms with Crippen LogP contribution in [0.2, 0.25) is 0 Å². The first-order chi connectivity index (χ1) is 12.6. The molecule has 3 aromatic rings. The number of hydrogen-bond donors (Lipinski definition) is 3. The van der Waals surface area contributed by atoms with Crippen molar-refractivity contribution in [3.05, 3.63) is 41.7 Å². The lowest BCUT2D eigenvalue weighted by Gasteiger charge is -2.07. The van der Waals surface area contributed by atoms with E-state index in [1.807, 2.05) is 31.2 Å². The predicted molar refractivity (Wildman–Crippen MR) is 104 cm³/mol. The summed E-state index contributed by atoms with van der Waals surface area (Å²) in [5.74, 6) is 2.57. The average molecular weight is 387 g/mol. The number of nitrogens with zero attached hydrogens (tertiary/aromatic N) is 3. The zero-order chi connectivity index (χ0) is 18.1. The van der Waals surface area contributed by atoms with Crippen molar-refractivity contribution in [3.8, 4) is 10.7 Å². The molecule has 3 aromatic heterocycles. The Bertz CT molecular complexity index is 989. The fourth-order valence-electron chi connectivity index (χ4n) is 2.59.